The molecule has 4 heteroatoms. The molecule has 2 N–H and O–H groups in total. The fourth-order valence-electron chi connectivity index (χ4n) is 2.19. The molecule has 0 amide bonds. The number of aryl methyl sites for hydroxylation is 1. The summed E-state index contributed by atoms with van der Waals surface area (Å²) in [6.07, 6.45) is 3.76. The zero-order valence-electron chi connectivity index (χ0n) is 10.2. The van der Waals surface area contributed by atoms with Gasteiger partial charge in [0.2, 0.25) is 0 Å². The van der Waals surface area contributed by atoms with Crippen LogP contribution in [0.1, 0.15) is 5.56 Å². The predicted molar refractivity (Wildman–Crippen MR) is 71.3 cm³/mol. The maximum Gasteiger partial charge on any atom is 0.0641 e. The van der Waals surface area contributed by atoms with Crippen LogP contribution in [0.3, 0.4) is 0 Å². The lowest BCUT2D eigenvalue weighted by molar-refractivity contribution is 0.269. The number of H-pyrrole nitrogens is 1. The summed E-state index contributed by atoms with van der Waals surface area (Å²) in [5, 5.41) is 14.3. The maximum absolute atomic E-state index is 8.88. The first kappa shape index (κ1) is 11.0. The van der Waals surface area contributed by atoms with Gasteiger partial charge in [-0.15, -0.1) is 0 Å². The van der Waals surface area contributed by atoms with Crippen LogP contribution in [-0.2, 0) is 6.54 Å². The van der Waals surface area contributed by atoms with E-state index in [0.29, 0.717) is 6.54 Å². The Hall–Kier alpha value is -2.07. The first-order valence-electron chi connectivity index (χ1n) is 6.00. The molecule has 0 fully saturated rings. The molecule has 2 aromatic heterocycles. The number of aliphatic hydroxyl groups is 1. The van der Waals surface area contributed by atoms with Crippen LogP contribution in [0.25, 0.3) is 22.2 Å². The first-order valence-corrected chi connectivity index (χ1v) is 6.00. The third-order valence-electron chi connectivity index (χ3n) is 3.16. The van der Waals surface area contributed by atoms with Crippen molar-refractivity contribution in [1.29, 1.82) is 0 Å². The van der Waals surface area contributed by atoms with Crippen molar-refractivity contribution in [2.24, 2.45) is 0 Å². The first-order chi connectivity index (χ1) is 8.78. The molecular weight excluding hydrogens is 226 g/mol. The zero-order chi connectivity index (χ0) is 12.5. The SMILES string of the molecule is Cc1cccc2[nH]c(-c3cnn(CCO)c3)cc12. The molecule has 0 radical (unpaired) electrons. The summed E-state index contributed by atoms with van der Waals surface area (Å²) in [5.74, 6) is 0. The molecule has 0 aliphatic heterocycles. The van der Waals surface area contributed by atoms with E-state index in [9.17, 15) is 0 Å². The minimum Gasteiger partial charge on any atom is -0.394 e. The van der Waals surface area contributed by atoms with Gasteiger partial charge in [-0.2, -0.15) is 5.10 Å². The van der Waals surface area contributed by atoms with Crippen LogP contribution in [0.5, 0.6) is 0 Å². The van der Waals surface area contributed by atoms with Crippen molar-refractivity contribution >= 4 is 10.9 Å². The number of benzene rings is 1. The number of rotatable bonds is 3. The Labute approximate surface area is 105 Å². The average molecular weight is 241 g/mol. The number of aromatic amines is 1. The van der Waals surface area contributed by atoms with E-state index in [2.05, 4.69) is 35.2 Å². The minimum atomic E-state index is 0.104. The van der Waals surface area contributed by atoms with E-state index in [1.54, 1.807) is 4.68 Å². The van der Waals surface area contributed by atoms with Crippen molar-refractivity contribution in [2.75, 3.05) is 6.61 Å². The summed E-state index contributed by atoms with van der Waals surface area (Å²) in [6.45, 7) is 2.74. The molecule has 0 saturated heterocycles. The quantitative estimate of drug-likeness (QED) is 0.739. The number of nitrogens with zero attached hydrogens (tertiary/aromatic N) is 2. The second kappa shape index (κ2) is 4.31. The van der Waals surface area contributed by atoms with Gasteiger partial charge in [0.25, 0.3) is 0 Å². The topological polar surface area (TPSA) is 53.8 Å². The Kier molecular flexibility index (Phi) is 2.64. The molecular formula is C14H15N3O. The van der Waals surface area contributed by atoms with Gasteiger partial charge >= 0.3 is 0 Å². The standard InChI is InChI=1S/C14H15N3O/c1-10-3-2-4-13-12(10)7-14(16-13)11-8-15-17(9-11)5-6-18/h2-4,7-9,16,18H,5-6H2,1H3. The molecule has 0 aliphatic rings. The Morgan fingerprint density at radius 3 is 3.06 bits per heavy atom. The van der Waals surface area contributed by atoms with Gasteiger partial charge in [0.05, 0.1) is 19.3 Å². The maximum atomic E-state index is 8.88. The van der Waals surface area contributed by atoms with Crippen molar-refractivity contribution in [2.45, 2.75) is 13.5 Å². The Balaban J connectivity index is 2.05. The molecule has 18 heavy (non-hydrogen) atoms. The summed E-state index contributed by atoms with van der Waals surface area (Å²) < 4.78 is 1.74. The number of nitrogens with one attached hydrogen (secondary N) is 1. The molecule has 2 heterocycles. The summed E-state index contributed by atoms with van der Waals surface area (Å²) in [5.41, 5.74) is 4.50. The normalized spacial score (nSPS) is 11.2. The highest BCUT2D eigenvalue weighted by atomic mass is 16.3. The summed E-state index contributed by atoms with van der Waals surface area (Å²) in [4.78, 5) is 3.39. The number of hydrogen-bond donors (Lipinski definition) is 2. The van der Waals surface area contributed by atoms with Crippen molar-refractivity contribution in [3.8, 4) is 11.3 Å². The lowest BCUT2D eigenvalue weighted by Crippen LogP contribution is -2.01. The lowest BCUT2D eigenvalue weighted by Gasteiger charge is -1.94. The smallest absolute Gasteiger partial charge is 0.0641 e. The second-order valence-electron chi connectivity index (χ2n) is 4.43. The zero-order valence-corrected chi connectivity index (χ0v) is 10.2. The number of fused-ring (bicyclic) bond motifs is 1. The number of hydrogen-bond acceptors (Lipinski definition) is 2. The van der Waals surface area contributed by atoms with E-state index in [4.69, 9.17) is 5.11 Å². The van der Waals surface area contributed by atoms with Crippen molar-refractivity contribution < 1.29 is 5.11 Å². The van der Waals surface area contributed by atoms with Gasteiger partial charge in [0.15, 0.2) is 0 Å². The minimum absolute atomic E-state index is 0.104. The van der Waals surface area contributed by atoms with Crippen LogP contribution in [0.15, 0.2) is 36.7 Å². The molecule has 1 aromatic carbocycles. The van der Waals surface area contributed by atoms with Crippen molar-refractivity contribution in [3.05, 3.63) is 42.2 Å². The highest BCUT2D eigenvalue weighted by molar-refractivity contribution is 5.88. The van der Waals surface area contributed by atoms with Crippen LogP contribution in [0.4, 0.5) is 0 Å². The number of aromatic nitrogens is 3. The van der Waals surface area contributed by atoms with E-state index >= 15 is 0 Å². The molecule has 0 unspecified atom stereocenters. The van der Waals surface area contributed by atoms with Crippen LogP contribution < -0.4 is 0 Å². The summed E-state index contributed by atoms with van der Waals surface area (Å²) in [6, 6.07) is 8.37. The van der Waals surface area contributed by atoms with E-state index in [1.807, 2.05) is 18.5 Å². The second-order valence-corrected chi connectivity index (χ2v) is 4.43. The predicted octanol–water partition coefficient (Wildman–Crippen LogP) is 2.33. The third kappa shape index (κ3) is 1.80. The van der Waals surface area contributed by atoms with E-state index in [-0.39, 0.29) is 6.61 Å². The van der Waals surface area contributed by atoms with E-state index < -0.39 is 0 Å². The van der Waals surface area contributed by atoms with Crippen molar-refractivity contribution in [3.63, 3.8) is 0 Å². The molecule has 3 aromatic rings. The Morgan fingerprint density at radius 2 is 2.28 bits per heavy atom. The van der Waals surface area contributed by atoms with Crippen LogP contribution in [-0.4, -0.2) is 26.5 Å². The van der Waals surface area contributed by atoms with Gasteiger partial charge < -0.3 is 10.1 Å². The highest BCUT2D eigenvalue weighted by Gasteiger charge is 2.06. The van der Waals surface area contributed by atoms with E-state index in [1.165, 1.54) is 10.9 Å². The summed E-state index contributed by atoms with van der Waals surface area (Å²) >= 11 is 0. The van der Waals surface area contributed by atoms with Crippen molar-refractivity contribution in [1.82, 2.24) is 14.8 Å². The van der Waals surface area contributed by atoms with Crippen LogP contribution in [0.2, 0.25) is 0 Å². The van der Waals surface area contributed by atoms with Gasteiger partial charge in [0, 0.05) is 28.4 Å². The lowest BCUT2D eigenvalue weighted by atomic mass is 10.1. The van der Waals surface area contributed by atoms with E-state index in [0.717, 1.165) is 16.8 Å². The molecule has 4 nitrogen and oxygen atoms in total. The molecule has 0 bridgehead atoms. The fourth-order valence-corrected chi connectivity index (χ4v) is 2.19. The average Bonchev–Trinajstić information content (AvgIpc) is 2.96. The van der Waals surface area contributed by atoms with Gasteiger partial charge in [-0.1, -0.05) is 12.1 Å². The highest BCUT2D eigenvalue weighted by Crippen LogP contribution is 2.25. The molecule has 3 rings (SSSR count). The van der Waals surface area contributed by atoms with Gasteiger partial charge in [0.1, 0.15) is 0 Å². The molecule has 92 valence electrons. The Morgan fingerprint density at radius 1 is 1.39 bits per heavy atom. The van der Waals surface area contributed by atoms with Gasteiger partial charge in [-0.3, -0.25) is 4.68 Å². The molecule has 0 saturated carbocycles. The largest absolute Gasteiger partial charge is 0.394 e. The van der Waals surface area contributed by atoms with Crippen LogP contribution in [0, 0.1) is 6.92 Å². The molecule has 0 spiro atoms. The third-order valence-corrected chi connectivity index (χ3v) is 3.16. The number of aliphatic hydroxyl groups excluding tert-OH is 1. The fraction of sp³-hybridized carbons (Fsp3) is 0.214. The summed E-state index contributed by atoms with van der Waals surface area (Å²) in [7, 11) is 0. The Bertz CT molecular complexity index is 681. The molecule has 0 atom stereocenters. The van der Waals surface area contributed by atoms with Crippen LogP contribution >= 0.6 is 0 Å². The molecule has 0 aliphatic carbocycles. The monoisotopic (exact) mass is 241 g/mol. The van der Waals surface area contributed by atoms with Gasteiger partial charge in [-0.05, 0) is 24.6 Å². The van der Waals surface area contributed by atoms with Gasteiger partial charge in [-0.25, -0.2) is 0 Å².